The van der Waals surface area contributed by atoms with Crippen LogP contribution in [0.2, 0.25) is 0 Å². The van der Waals surface area contributed by atoms with Gasteiger partial charge in [0.25, 0.3) is 0 Å². The summed E-state index contributed by atoms with van der Waals surface area (Å²) in [5.74, 6) is -0.404. The molecule has 3 rings (SSSR count). The molecular formula is C13H10N2OS. The van der Waals surface area contributed by atoms with E-state index < -0.39 is 5.91 Å². The Labute approximate surface area is 103 Å². The summed E-state index contributed by atoms with van der Waals surface area (Å²) in [6, 6.07) is 13.5. The predicted molar refractivity (Wildman–Crippen MR) is 68.8 cm³/mol. The Balaban J connectivity index is 2.06. The van der Waals surface area contributed by atoms with Gasteiger partial charge in [-0.05, 0) is 30.3 Å². The molecule has 0 fully saturated rings. The van der Waals surface area contributed by atoms with Crippen LogP contribution in [-0.2, 0) is 0 Å². The number of nitrogens with two attached hydrogens (primary N) is 1. The highest BCUT2D eigenvalue weighted by molar-refractivity contribution is 7.99. The summed E-state index contributed by atoms with van der Waals surface area (Å²) in [7, 11) is 0. The molecule has 1 amide bonds. The fourth-order valence-corrected chi connectivity index (χ4v) is 2.76. The van der Waals surface area contributed by atoms with Gasteiger partial charge in [0.1, 0.15) is 0 Å². The highest BCUT2D eigenvalue weighted by Gasteiger charge is 2.16. The second-order valence-electron chi connectivity index (χ2n) is 3.80. The van der Waals surface area contributed by atoms with E-state index in [9.17, 15) is 4.79 Å². The largest absolute Gasteiger partial charge is 0.366 e. The molecule has 3 N–H and O–H groups in total. The van der Waals surface area contributed by atoms with E-state index in [-0.39, 0.29) is 0 Å². The summed E-state index contributed by atoms with van der Waals surface area (Å²) < 4.78 is 0. The molecule has 0 bridgehead atoms. The second-order valence-corrected chi connectivity index (χ2v) is 4.88. The lowest BCUT2D eigenvalue weighted by atomic mass is 10.2. The first-order chi connectivity index (χ1) is 8.24. The molecule has 1 aliphatic rings. The lowest BCUT2D eigenvalue weighted by molar-refractivity contribution is 0.100. The summed E-state index contributed by atoms with van der Waals surface area (Å²) in [5, 5.41) is 3.31. The summed E-state index contributed by atoms with van der Waals surface area (Å²) in [6.45, 7) is 0. The first kappa shape index (κ1) is 10.2. The molecule has 4 heteroatoms. The summed E-state index contributed by atoms with van der Waals surface area (Å²) in [6.07, 6.45) is 0. The van der Waals surface area contributed by atoms with Gasteiger partial charge in [-0.1, -0.05) is 23.9 Å². The van der Waals surface area contributed by atoms with Crippen LogP contribution >= 0.6 is 11.8 Å². The molecule has 0 unspecified atom stereocenters. The monoisotopic (exact) mass is 242 g/mol. The molecule has 1 heterocycles. The number of carbonyl (C=O) groups excluding carboxylic acids is 1. The van der Waals surface area contributed by atoms with Crippen LogP contribution in [0.4, 0.5) is 11.4 Å². The smallest absolute Gasteiger partial charge is 0.248 e. The van der Waals surface area contributed by atoms with Crippen molar-refractivity contribution in [3.05, 3.63) is 48.0 Å². The van der Waals surface area contributed by atoms with E-state index in [4.69, 9.17) is 5.73 Å². The Bertz CT molecular complexity index is 610. The summed E-state index contributed by atoms with van der Waals surface area (Å²) in [4.78, 5) is 13.4. The van der Waals surface area contributed by atoms with E-state index in [0.29, 0.717) is 5.56 Å². The van der Waals surface area contributed by atoms with E-state index in [1.807, 2.05) is 24.3 Å². The van der Waals surface area contributed by atoms with Gasteiger partial charge >= 0.3 is 0 Å². The van der Waals surface area contributed by atoms with Gasteiger partial charge in [0.05, 0.1) is 11.4 Å². The van der Waals surface area contributed by atoms with Gasteiger partial charge in [0, 0.05) is 15.4 Å². The molecule has 17 heavy (non-hydrogen) atoms. The average Bonchev–Trinajstić information content (AvgIpc) is 2.35. The molecule has 84 valence electrons. The third kappa shape index (κ3) is 1.76. The number of nitrogens with one attached hydrogen (secondary N) is 1. The van der Waals surface area contributed by atoms with Crippen LogP contribution in [0.25, 0.3) is 0 Å². The van der Waals surface area contributed by atoms with Crippen LogP contribution in [0, 0.1) is 0 Å². The lowest BCUT2D eigenvalue weighted by Crippen LogP contribution is -2.11. The third-order valence-electron chi connectivity index (χ3n) is 2.64. The molecule has 0 aromatic heterocycles. The van der Waals surface area contributed by atoms with Crippen molar-refractivity contribution in [2.45, 2.75) is 9.79 Å². The molecule has 0 spiro atoms. The van der Waals surface area contributed by atoms with Crippen LogP contribution in [0.1, 0.15) is 10.4 Å². The molecule has 0 radical (unpaired) electrons. The molecule has 3 nitrogen and oxygen atoms in total. The second kappa shape index (κ2) is 3.82. The molecule has 1 aliphatic heterocycles. The van der Waals surface area contributed by atoms with Gasteiger partial charge in [-0.3, -0.25) is 4.79 Å². The Kier molecular flexibility index (Phi) is 2.30. The number of hydrogen-bond acceptors (Lipinski definition) is 3. The third-order valence-corrected chi connectivity index (χ3v) is 3.79. The fraction of sp³-hybridized carbons (Fsp3) is 0. The number of anilines is 2. The Morgan fingerprint density at radius 3 is 2.65 bits per heavy atom. The summed E-state index contributed by atoms with van der Waals surface area (Å²) in [5.41, 5.74) is 7.79. The highest BCUT2D eigenvalue weighted by atomic mass is 32.2. The van der Waals surface area contributed by atoms with Crippen molar-refractivity contribution >= 4 is 29.0 Å². The maximum atomic E-state index is 11.1. The van der Waals surface area contributed by atoms with Crippen molar-refractivity contribution in [3.8, 4) is 0 Å². The quantitative estimate of drug-likeness (QED) is 0.689. The van der Waals surface area contributed by atoms with Crippen LogP contribution in [0.3, 0.4) is 0 Å². The minimum Gasteiger partial charge on any atom is -0.366 e. The number of carbonyl (C=O) groups is 1. The minimum atomic E-state index is -0.404. The van der Waals surface area contributed by atoms with Gasteiger partial charge in [-0.2, -0.15) is 0 Å². The van der Waals surface area contributed by atoms with Crippen molar-refractivity contribution in [1.82, 2.24) is 0 Å². The number of para-hydroxylation sites is 1. The number of hydrogen-bond donors (Lipinski definition) is 2. The Morgan fingerprint density at radius 2 is 1.82 bits per heavy atom. The average molecular weight is 242 g/mol. The number of amides is 1. The molecular weight excluding hydrogens is 232 g/mol. The highest BCUT2D eigenvalue weighted by Crippen LogP contribution is 2.43. The molecule has 0 saturated heterocycles. The Hall–Kier alpha value is -1.94. The zero-order valence-corrected chi connectivity index (χ0v) is 9.75. The van der Waals surface area contributed by atoms with Gasteiger partial charge in [-0.25, -0.2) is 0 Å². The predicted octanol–water partition coefficient (Wildman–Crippen LogP) is 2.99. The van der Waals surface area contributed by atoms with Gasteiger partial charge in [0.2, 0.25) is 5.91 Å². The van der Waals surface area contributed by atoms with Crippen molar-refractivity contribution < 1.29 is 4.79 Å². The van der Waals surface area contributed by atoms with E-state index in [2.05, 4.69) is 11.4 Å². The standard InChI is InChI=1S/C13H10N2OS/c14-13(16)8-5-6-12-10(7-8)15-9-3-1-2-4-11(9)17-12/h1-7,15H,(H2,14,16). The van der Waals surface area contributed by atoms with Gasteiger partial charge in [-0.15, -0.1) is 0 Å². The first-order valence-corrected chi connectivity index (χ1v) is 6.03. The number of rotatable bonds is 1. The van der Waals surface area contributed by atoms with E-state index in [1.165, 1.54) is 4.90 Å². The van der Waals surface area contributed by atoms with E-state index >= 15 is 0 Å². The maximum absolute atomic E-state index is 11.1. The molecule has 0 aliphatic carbocycles. The number of benzene rings is 2. The molecule has 0 saturated carbocycles. The topological polar surface area (TPSA) is 55.1 Å². The zero-order chi connectivity index (χ0) is 11.8. The molecule has 0 atom stereocenters. The van der Waals surface area contributed by atoms with Gasteiger partial charge in [0.15, 0.2) is 0 Å². The number of primary amides is 1. The van der Waals surface area contributed by atoms with E-state index in [0.717, 1.165) is 16.3 Å². The fourth-order valence-electron chi connectivity index (χ4n) is 1.79. The van der Waals surface area contributed by atoms with Gasteiger partial charge < -0.3 is 11.1 Å². The SMILES string of the molecule is NC(=O)c1ccc2c(c1)Nc1ccccc1S2. The lowest BCUT2D eigenvalue weighted by Gasteiger charge is -2.20. The summed E-state index contributed by atoms with van der Waals surface area (Å²) >= 11 is 1.69. The van der Waals surface area contributed by atoms with Crippen LogP contribution in [0.5, 0.6) is 0 Å². The Morgan fingerprint density at radius 1 is 1.06 bits per heavy atom. The van der Waals surface area contributed by atoms with Crippen molar-refractivity contribution in [2.75, 3.05) is 5.32 Å². The molecule has 2 aromatic carbocycles. The normalized spacial score (nSPS) is 12.2. The van der Waals surface area contributed by atoms with E-state index in [1.54, 1.807) is 23.9 Å². The minimum absolute atomic E-state index is 0.404. The van der Waals surface area contributed by atoms with Crippen molar-refractivity contribution in [3.63, 3.8) is 0 Å². The van der Waals surface area contributed by atoms with Crippen molar-refractivity contribution in [2.24, 2.45) is 5.73 Å². The maximum Gasteiger partial charge on any atom is 0.248 e. The first-order valence-electron chi connectivity index (χ1n) is 5.22. The van der Waals surface area contributed by atoms with Crippen LogP contribution < -0.4 is 11.1 Å². The van der Waals surface area contributed by atoms with Crippen LogP contribution in [-0.4, -0.2) is 5.91 Å². The zero-order valence-electron chi connectivity index (χ0n) is 8.94. The van der Waals surface area contributed by atoms with Crippen molar-refractivity contribution in [1.29, 1.82) is 0 Å². The van der Waals surface area contributed by atoms with Crippen LogP contribution in [0.15, 0.2) is 52.3 Å². The number of fused-ring (bicyclic) bond motifs is 2. The molecule has 2 aromatic rings.